The number of piperidine rings is 1. The Morgan fingerprint density at radius 2 is 2.00 bits per heavy atom. The molecule has 0 unspecified atom stereocenters. The van der Waals surface area contributed by atoms with E-state index in [0.717, 1.165) is 51.1 Å². The van der Waals surface area contributed by atoms with Crippen LogP contribution in [0.15, 0.2) is 23.2 Å². The Morgan fingerprint density at radius 1 is 1.27 bits per heavy atom. The van der Waals surface area contributed by atoms with Gasteiger partial charge in [0.05, 0.1) is 17.3 Å². The lowest BCUT2D eigenvalue weighted by Crippen LogP contribution is -2.40. The summed E-state index contributed by atoms with van der Waals surface area (Å²) < 4.78 is 34.9. The Balaban J connectivity index is 1.14. The molecule has 30 heavy (non-hydrogen) atoms. The van der Waals surface area contributed by atoms with Crippen LogP contribution < -0.4 is 4.74 Å². The molecule has 0 aromatic carbocycles. The van der Waals surface area contributed by atoms with E-state index in [1.54, 1.807) is 19.1 Å². The minimum atomic E-state index is -3.22. The van der Waals surface area contributed by atoms with Gasteiger partial charge in [-0.3, -0.25) is 0 Å². The number of amides is 1. The number of hydrogen-bond acceptors (Lipinski definition) is 6. The molecule has 2 atom stereocenters. The first-order valence-corrected chi connectivity index (χ1v) is 12.7. The predicted octanol–water partition coefficient (Wildman–Crippen LogP) is 3.68. The lowest BCUT2D eigenvalue weighted by Gasteiger charge is -2.32. The Labute approximate surface area is 179 Å². The van der Waals surface area contributed by atoms with Crippen LogP contribution in [0, 0.1) is 17.8 Å². The van der Waals surface area contributed by atoms with E-state index in [1.807, 2.05) is 11.8 Å². The summed E-state index contributed by atoms with van der Waals surface area (Å²) in [6, 6.07) is 3.19. The standard InChI is InChI=1S/C22H32N2O5S/c1-3-30(26,27)18-4-5-20(23-15-18)28-13-8-17-14-19(17)16-6-11-24(12-7-16)21(25)29-22(2)9-10-22/h4-5,15-17,19H,3,6-14H2,1-2H3/t17-,19-/m1/s1. The molecule has 1 aromatic rings. The lowest BCUT2D eigenvalue weighted by atomic mass is 9.91. The fourth-order valence-corrected chi connectivity index (χ4v) is 5.18. The van der Waals surface area contributed by atoms with E-state index in [9.17, 15) is 13.2 Å². The van der Waals surface area contributed by atoms with Crippen LogP contribution in [0.25, 0.3) is 0 Å². The zero-order chi connectivity index (χ0) is 21.4. The van der Waals surface area contributed by atoms with Crippen molar-refractivity contribution in [2.75, 3.05) is 25.4 Å². The summed E-state index contributed by atoms with van der Waals surface area (Å²) in [4.78, 5) is 18.5. The van der Waals surface area contributed by atoms with Crippen LogP contribution in [0.3, 0.4) is 0 Å². The molecule has 8 heteroatoms. The highest BCUT2D eigenvalue weighted by Crippen LogP contribution is 2.50. The van der Waals surface area contributed by atoms with Gasteiger partial charge in [0.25, 0.3) is 0 Å². The quantitative estimate of drug-likeness (QED) is 0.618. The second-order valence-corrected chi connectivity index (χ2v) is 11.5. The molecule has 0 spiro atoms. The molecule has 0 N–H and O–H groups in total. The Kier molecular flexibility index (Phi) is 5.97. The van der Waals surface area contributed by atoms with Crippen molar-refractivity contribution in [3.05, 3.63) is 18.3 Å². The van der Waals surface area contributed by atoms with E-state index in [2.05, 4.69) is 4.98 Å². The summed E-state index contributed by atoms with van der Waals surface area (Å²) in [6.07, 6.45) is 7.54. The van der Waals surface area contributed by atoms with Gasteiger partial charge in [-0.15, -0.1) is 0 Å². The van der Waals surface area contributed by atoms with Crippen LogP contribution in [0.1, 0.15) is 52.4 Å². The number of likely N-dealkylation sites (tertiary alicyclic amines) is 1. The van der Waals surface area contributed by atoms with Gasteiger partial charge in [-0.2, -0.15) is 0 Å². The summed E-state index contributed by atoms with van der Waals surface area (Å²) in [6.45, 7) is 5.82. The molecular weight excluding hydrogens is 404 g/mol. The largest absolute Gasteiger partial charge is 0.478 e. The fraction of sp³-hybridized carbons (Fsp3) is 0.727. The molecule has 1 saturated heterocycles. The first-order chi connectivity index (χ1) is 14.3. The van der Waals surface area contributed by atoms with Gasteiger partial charge in [-0.25, -0.2) is 18.2 Å². The molecule has 1 amide bonds. The molecule has 2 saturated carbocycles. The molecule has 1 aromatic heterocycles. The van der Waals surface area contributed by atoms with Crippen molar-refractivity contribution in [2.24, 2.45) is 17.8 Å². The second-order valence-electron chi connectivity index (χ2n) is 9.17. The average molecular weight is 437 g/mol. The molecule has 2 heterocycles. The Hall–Kier alpha value is -1.83. The van der Waals surface area contributed by atoms with E-state index < -0.39 is 9.84 Å². The minimum absolute atomic E-state index is 0.0669. The topological polar surface area (TPSA) is 85.8 Å². The van der Waals surface area contributed by atoms with Crippen molar-refractivity contribution in [1.29, 1.82) is 0 Å². The third kappa shape index (κ3) is 5.07. The monoisotopic (exact) mass is 436 g/mol. The van der Waals surface area contributed by atoms with Crippen molar-refractivity contribution in [1.82, 2.24) is 9.88 Å². The second kappa shape index (κ2) is 8.36. The number of carbonyl (C=O) groups is 1. The van der Waals surface area contributed by atoms with Crippen molar-refractivity contribution >= 4 is 15.9 Å². The molecule has 2 aliphatic carbocycles. The zero-order valence-electron chi connectivity index (χ0n) is 17.9. The number of rotatable bonds is 8. The van der Waals surface area contributed by atoms with Gasteiger partial charge < -0.3 is 14.4 Å². The van der Waals surface area contributed by atoms with Gasteiger partial charge in [-0.05, 0) is 69.3 Å². The third-order valence-corrected chi connectivity index (χ3v) is 8.58. The normalized spacial score (nSPS) is 25.6. The number of ether oxygens (including phenoxy) is 2. The van der Waals surface area contributed by atoms with Gasteiger partial charge in [0.2, 0.25) is 5.88 Å². The summed E-state index contributed by atoms with van der Waals surface area (Å²) in [7, 11) is -3.22. The lowest BCUT2D eigenvalue weighted by molar-refractivity contribution is 0.0473. The third-order valence-electron chi connectivity index (χ3n) is 6.86. The van der Waals surface area contributed by atoms with Crippen molar-refractivity contribution in [2.45, 2.75) is 62.9 Å². The average Bonchev–Trinajstić information content (AvgIpc) is 3.66. The van der Waals surface area contributed by atoms with Crippen LogP contribution in [0.4, 0.5) is 4.79 Å². The maximum atomic E-state index is 12.2. The Morgan fingerprint density at radius 3 is 2.60 bits per heavy atom. The van der Waals surface area contributed by atoms with Crippen LogP contribution in [0.2, 0.25) is 0 Å². The van der Waals surface area contributed by atoms with Gasteiger partial charge in [0, 0.05) is 25.4 Å². The Bertz CT molecular complexity index is 858. The highest BCUT2D eigenvalue weighted by molar-refractivity contribution is 7.91. The number of aromatic nitrogens is 1. The number of sulfone groups is 1. The molecular formula is C22H32N2O5S. The first-order valence-electron chi connectivity index (χ1n) is 11.1. The van der Waals surface area contributed by atoms with E-state index in [1.165, 1.54) is 12.6 Å². The van der Waals surface area contributed by atoms with Gasteiger partial charge in [-0.1, -0.05) is 6.92 Å². The number of pyridine rings is 1. The molecule has 4 rings (SSSR count). The molecule has 1 aliphatic heterocycles. The number of nitrogens with zero attached hydrogens (tertiary/aromatic N) is 2. The van der Waals surface area contributed by atoms with E-state index in [4.69, 9.17) is 9.47 Å². The maximum absolute atomic E-state index is 12.2. The van der Waals surface area contributed by atoms with Crippen molar-refractivity contribution in [3.8, 4) is 5.88 Å². The molecule has 7 nitrogen and oxygen atoms in total. The van der Waals surface area contributed by atoms with E-state index >= 15 is 0 Å². The molecule has 3 aliphatic rings. The SMILES string of the molecule is CCS(=O)(=O)c1ccc(OCC[C@@H]2C[C@@H]2C2CCN(C(=O)OC3(C)CC3)CC2)nc1. The highest BCUT2D eigenvalue weighted by Gasteiger charge is 2.45. The van der Waals surface area contributed by atoms with E-state index in [0.29, 0.717) is 24.3 Å². The van der Waals surface area contributed by atoms with Gasteiger partial charge >= 0.3 is 6.09 Å². The highest BCUT2D eigenvalue weighted by atomic mass is 32.2. The van der Waals surface area contributed by atoms with Crippen LogP contribution in [-0.4, -0.2) is 55.4 Å². The summed E-state index contributed by atoms with van der Waals surface area (Å²) >= 11 is 0. The number of hydrogen-bond donors (Lipinski definition) is 0. The smallest absolute Gasteiger partial charge is 0.410 e. The maximum Gasteiger partial charge on any atom is 0.410 e. The van der Waals surface area contributed by atoms with Gasteiger partial charge in [0.15, 0.2) is 9.84 Å². The minimum Gasteiger partial charge on any atom is -0.478 e. The molecule has 166 valence electrons. The molecule has 3 fully saturated rings. The van der Waals surface area contributed by atoms with Crippen LogP contribution in [-0.2, 0) is 14.6 Å². The van der Waals surface area contributed by atoms with Crippen LogP contribution >= 0.6 is 0 Å². The predicted molar refractivity (Wildman–Crippen MR) is 112 cm³/mol. The fourth-order valence-electron chi connectivity index (χ4n) is 4.36. The molecule has 0 bridgehead atoms. The summed E-state index contributed by atoms with van der Waals surface area (Å²) in [5.41, 5.74) is -0.199. The van der Waals surface area contributed by atoms with Crippen LogP contribution in [0.5, 0.6) is 5.88 Å². The number of carbonyl (C=O) groups excluding carboxylic acids is 1. The molecule has 0 radical (unpaired) electrons. The first kappa shape index (κ1) is 21.4. The summed E-state index contributed by atoms with van der Waals surface area (Å²) in [5, 5.41) is 0. The van der Waals surface area contributed by atoms with Gasteiger partial charge in [0.1, 0.15) is 5.60 Å². The van der Waals surface area contributed by atoms with Crippen molar-refractivity contribution in [3.63, 3.8) is 0 Å². The van der Waals surface area contributed by atoms with Crippen molar-refractivity contribution < 1.29 is 22.7 Å². The van der Waals surface area contributed by atoms with E-state index in [-0.39, 0.29) is 22.3 Å². The zero-order valence-corrected chi connectivity index (χ0v) is 18.7. The summed E-state index contributed by atoms with van der Waals surface area (Å²) in [5.74, 6) is 2.64.